The normalized spacial score (nSPS) is 10.7. The van der Waals surface area contributed by atoms with E-state index in [0.29, 0.717) is 17.0 Å². The molecule has 3 aromatic rings. The van der Waals surface area contributed by atoms with Crippen LogP contribution in [-0.4, -0.2) is 35.1 Å². The topological polar surface area (TPSA) is 85.2 Å². The SMILES string of the molecule is COCC(=O)NCc1nc2ccccc2n1CC(=O)Nc1cccc(F)c1. The highest BCUT2D eigenvalue weighted by molar-refractivity contribution is 5.91. The van der Waals surface area contributed by atoms with Crippen molar-refractivity contribution in [3.8, 4) is 0 Å². The van der Waals surface area contributed by atoms with Crippen LogP contribution in [0.5, 0.6) is 0 Å². The van der Waals surface area contributed by atoms with Gasteiger partial charge in [0.05, 0.1) is 17.6 Å². The molecular weight excluding hydrogens is 351 g/mol. The van der Waals surface area contributed by atoms with Crippen LogP contribution in [0.4, 0.5) is 10.1 Å². The quantitative estimate of drug-likeness (QED) is 0.667. The number of nitrogens with one attached hydrogen (secondary N) is 2. The first-order chi connectivity index (χ1) is 13.1. The number of aromatic nitrogens is 2. The number of hydrogen-bond acceptors (Lipinski definition) is 4. The third-order valence-electron chi connectivity index (χ3n) is 3.86. The molecule has 7 nitrogen and oxygen atoms in total. The second-order valence-corrected chi connectivity index (χ2v) is 5.87. The summed E-state index contributed by atoms with van der Waals surface area (Å²) in [6.45, 7) is 0.0803. The van der Waals surface area contributed by atoms with Gasteiger partial charge >= 0.3 is 0 Å². The number of imidazole rings is 1. The van der Waals surface area contributed by atoms with Gasteiger partial charge in [0.1, 0.15) is 24.8 Å². The second kappa shape index (κ2) is 8.41. The minimum Gasteiger partial charge on any atom is -0.375 e. The number of carbonyl (C=O) groups is 2. The monoisotopic (exact) mass is 370 g/mol. The van der Waals surface area contributed by atoms with Gasteiger partial charge in [-0.3, -0.25) is 9.59 Å². The lowest BCUT2D eigenvalue weighted by Crippen LogP contribution is -2.29. The Morgan fingerprint density at radius 3 is 2.74 bits per heavy atom. The fourth-order valence-electron chi connectivity index (χ4n) is 2.71. The van der Waals surface area contributed by atoms with Crippen molar-refractivity contribution in [3.63, 3.8) is 0 Å². The van der Waals surface area contributed by atoms with E-state index in [-0.39, 0.29) is 31.5 Å². The van der Waals surface area contributed by atoms with E-state index in [1.165, 1.54) is 25.3 Å². The highest BCUT2D eigenvalue weighted by atomic mass is 19.1. The number of halogens is 1. The van der Waals surface area contributed by atoms with Crippen LogP contribution in [0.25, 0.3) is 11.0 Å². The molecule has 0 radical (unpaired) electrons. The first kappa shape index (κ1) is 18.5. The number of hydrogen-bond donors (Lipinski definition) is 2. The first-order valence-corrected chi connectivity index (χ1v) is 8.32. The van der Waals surface area contributed by atoms with E-state index >= 15 is 0 Å². The zero-order valence-electron chi connectivity index (χ0n) is 14.7. The molecule has 0 saturated heterocycles. The van der Waals surface area contributed by atoms with Crippen LogP contribution in [0.15, 0.2) is 48.5 Å². The van der Waals surface area contributed by atoms with Crippen LogP contribution in [0.1, 0.15) is 5.82 Å². The number of fused-ring (bicyclic) bond motifs is 1. The molecule has 0 atom stereocenters. The number of ether oxygens (including phenoxy) is 1. The van der Waals surface area contributed by atoms with Gasteiger partial charge in [0.15, 0.2) is 0 Å². The Morgan fingerprint density at radius 1 is 1.15 bits per heavy atom. The molecule has 0 spiro atoms. The minimum absolute atomic E-state index is 0.0213. The van der Waals surface area contributed by atoms with Gasteiger partial charge in [-0.25, -0.2) is 9.37 Å². The van der Waals surface area contributed by atoms with E-state index < -0.39 is 5.82 Å². The summed E-state index contributed by atoms with van der Waals surface area (Å²) >= 11 is 0. The van der Waals surface area contributed by atoms with Gasteiger partial charge in [0, 0.05) is 12.8 Å². The summed E-state index contributed by atoms with van der Waals surface area (Å²) in [7, 11) is 1.44. The predicted molar refractivity (Wildman–Crippen MR) is 98.5 cm³/mol. The first-order valence-electron chi connectivity index (χ1n) is 8.32. The molecule has 0 aliphatic heterocycles. The maximum Gasteiger partial charge on any atom is 0.246 e. The Hall–Kier alpha value is -3.26. The number of anilines is 1. The highest BCUT2D eigenvalue weighted by Crippen LogP contribution is 2.17. The summed E-state index contributed by atoms with van der Waals surface area (Å²) in [5.41, 5.74) is 1.86. The Morgan fingerprint density at radius 2 is 1.96 bits per heavy atom. The van der Waals surface area contributed by atoms with Crippen LogP contribution in [0.3, 0.4) is 0 Å². The van der Waals surface area contributed by atoms with Gasteiger partial charge in [-0.15, -0.1) is 0 Å². The van der Waals surface area contributed by atoms with Crippen molar-refractivity contribution >= 4 is 28.5 Å². The number of methoxy groups -OCH3 is 1. The standard InChI is InChI=1S/C19H19FN4O3/c1-27-12-19(26)21-10-17-23-15-7-2-3-8-16(15)24(17)11-18(25)22-14-6-4-5-13(20)9-14/h2-9H,10-12H2,1H3,(H,21,26)(H,22,25). The number of amides is 2. The van der Waals surface area contributed by atoms with E-state index in [4.69, 9.17) is 4.74 Å². The highest BCUT2D eigenvalue weighted by Gasteiger charge is 2.14. The molecule has 0 unspecified atom stereocenters. The smallest absolute Gasteiger partial charge is 0.246 e. The molecular formula is C19H19FN4O3. The van der Waals surface area contributed by atoms with Crippen molar-refractivity contribution in [3.05, 3.63) is 60.2 Å². The summed E-state index contributed by atoms with van der Waals surface area (Å²) in [5, 5.41) is 5.37. The molecule has 0 aliphatic carbocycles. The molecule has 1 heterocycles. The zero-order valence-corrected chi connectivity index (χ0v) is 14.7. The van der Waals surface area contributed by atoms with E-state index in [1.807, 2.05) is 24.3 Å². The Bertz CT molecular complexity index is 970. The number of nitrogens with zero attached hydrogens (tertiary/aromatic N) is 2. The van der Waals surface area contributed by atoms with Gasteiger partial charge < -0.3 is 19.9 Å². The van der Waals surface area contributed by atoms with Crippen LogP contribution in [0.2, 0.25) is 0 Å². The van der Waals surface area contributed by atoms with Gasteiger partial charge in [-0.2, -0.15) is 0 Å². The number of rotatable bonds is 7. The lowest BCUT2D eigenvalue weighted by atomic mass is 10.3. The Balaban J connectivity index is 1.80. The largest absolute Gasteiger partial charge is 0.375 e. The molecule has 0 aliphatic rings. The molecule has 1 aromatic heterocycles. The van der Waals surface area contributed by atoms with Crippen LogP contribution >= 0.6 is 0 Å². The lowest BCUT2D eigenvalue weighted by Gasteiger charge is -2.11. The van der Waals surface area contributed by atoms with Gasteiger partial charge in [-0.1, -0.05) is 18.2 Å². The molecule has 27 heavy (non-hydrogen) atoms. The zero-order chi connectivity index (χ0) is 19.2. The van der Waals surface area contributed by atoms with Crippen molar-refractivity contribution in [1.29, 1.82) is 0 Å². The molecule has 2 aromatic carbocycles. The van der Waals surface area contributed by atoms with Gasteiger partial charge in [0.25, 0.3) is 0 Å². The van der Waals surface area contributed by atoms with Crippen LogP contribution in [0, 0.1) is 5.82 Å². The molecule has 0 saturated carbocycles. The summed E-state index contributed by atoms with van der Waals surface area (Å²) in [5.74, 6) is -0.494. The number of benzene rings is 2. The minimum atomic E-state index is -0.428. The van der Waals surface area contributed by atoms with E-state index in [9.17, 15) is 14.0 Å². The van der Waals surface area contributed by atoms with E-state index in [0.717, 1.165) is 5.52 Å². The van der Waals surface area contributed by atoms with Gasteiger partial charge in [0.2, 0.25) is 11.8 Å². The average Bonchev–Trinajstić information content (AvgIpc) is 2.98. The van der Waals surface area contributed by atoms with Crippen molar-refractivity contribution in [2.45, 2.75) is 13.1 Å². The molecule has 2 N–H and O–H groups in total. The summed E-state index contributed by atoms with van der Waals surface area (Å²) in [6.07, 6.45) is 0. The molecule has 8 heteroatoms. The Labute approximate surface area is 155 Å². The third kappa shape index (κ3) is 4.68. The fraction of sp³-hybridized carbons (Fsp3) is 0.211. The maximum absolute atomic E-state index is 13.3. The van der Waals surface area contributed by atoms with E-state index in [2.05, 4.69) is 15.6 Å². The summed E-state index contributed by atoms with van der Waals surface area (Å²) in [4.78, 5) is 28.6. The fourth-order valence-corrected chi connectivity index (χ4v) is 2.71. The molecule has 2 amide bonds. The van der Waals surface area contributed by atoms with Gasteiger partial charge in [-0.05, 0) is 30.3 Å². The maximum atomic E-state index is 13.3. The van der Waals surface area contributed by atoms with Crippen LogP contribution < -0.4 is 10.6 Å². The summed E-state index contributed by atoms with van der Waals surface area (Å²) < 4.78 is 19.8. The van der Waals surface area contributed by atoms with Crippen molar-refractivity contribution in [2.75, 3.05) is 19.0 Å². The molecule has 0 fully saturated rings. The predicted octanol–water partition coefficient (Wildman–Crippen LogP) is 2.08. The van der Waals surface area contributed by atoms with Crippen molar-refractivity contribution in [1.82, 2.24) is 14.9 Å². The lowest BCUT2D eigenvalue weighted by molar-refractivity contribution is -0.124. The average molecular weight is 370 g/mol. The number of para-hydroxylation sites is 2. The Kier molecular flexibility index (Phi) is 5.77. The van der Waals surface area contributed by atoms with Crippen molar-refractivity contribution < 1.29 is 18.7 Å². The van der Waals surface area contributed by atoms with E-state index in [1.54, 1.807) is 10.6 Å². The second-order valence-electron chi connectivity index (χ2n) is 5.87. The molecule has 3 rings (SSSR count). The summed E-state index contributed by atoms with van der Waals surface area (Å²) in [6, 6.07) is 13.1. The third-order valence-corrected chi connectivity index (χ3v) is 3.86. The molecule has 140 valence electrons. The molecule has 0 bridgehead atoms. The van der Waals surface area contributed by atoms with Crippen molar-refractivity contribution in [2.24, 2.45) is 0 Å². The van der Waals surface area contributed by atoms with Crippen LogP contribution in [-0.2, 0) is 27.4 Å². The number of carbonyl (C=O) groups excluding carboxylic acids is 2.